The van der Waals surface area contributed by atoms with Crippen LogP contribution in [0.15, 0.2) is 0 Å². The van der Waals surface area contributed by atoms with E-state index in [2.05, 4.69) is 27.7 Å². The minimum atomic E-state index is 0.120. The molecule has 0 unspecified atom stereocenters. The Labute approximate surface area is 127 Å². The van der Waals surface area contributed by atoms with Gasteiger partial charge in [-0.3, -0.25) is 4.79 Å². The SMILES string of the molecule is CC(C)CC(CCCCN(C)C(=O)C(C)C)CC(C)C. The molecule has 120 valence electrons. The van der Waals surface area contributed by atoms with Crippen molar-refractivity contribution in [2.45, 2.75) is 73.6 Å². The lowest BCUT2D eigenvalue weighted by atomic mass is 9.86. The molecule has 0 spiro atoms. The van der Waals surface area contributed by atoms with E-state index in [-0.39, 0.29) is 11.8 Å². The maximum Gasteiger partial charge on any atom is 0.224 e. The zero-order valence-electron chi connectivity index (χ0n) is 14.9. The molecule has 0 rings (SSSR count). The predicted octanol–water partition coefficient (Wildman–Crippen LogP) is 4.98. The van der Waals surface area contributed by atoms with Gasteiger partial charge in [-0.05, 0) is 37.0 Å². The van der Waals surface area contributed by atoms with Gasteiger partial charge in [0.25, 0.3) is 0 Å². The summed E-state index contributed by atoms with van der Waals surface area (Å²) in [5, 5.41) is 0. The second-order valence-electron chi connectivity index (χ2n) is 7.54. The molecular formula is C18H37NO. The molecule has 1 amide bonds. The smallest absolute Gasteiger partial charge is 0.224 e. The van der Waals surface area contributed by atoms with Gasteiger partial charge in [-0.2, -0.15) is 0 Å². The molecule has 0 aromatic heterocycles. The molecule has 2 heteroatoms. The van der Waals surface area contributed by atoms with Crippen LogP contribution in [0.25, 0.3) is 0 Å². The first kappa shape index (κ1) is 19.5. The number of hydrogen-bond acceptors (Lipinski definition) is 1. The fourth-order valence-electron chi connectivity index (χ4n) is 3.00. The third-order valence-electron chi connectivity index (χ3n) is 3.84. The zero-order chi connectivity index (χ0) is 15.7. The Hall–Kier alpha value is -0.530. The third-order valence-corrected chi connectivity index (χ3v) is 3.84. The van der Waals surface area contributed by atoms with Gasteiger partial charge in [0.15, 0.2) is 0 Å². The zero-order valence-corrected chi connectivity index (χ0v) is 14.9. The lowest BCUT2D eigenvalue weighted by molar-refractivity contribution is -0.133. The van der Waals surface area contributed by atoms with Gasteiger partial charge in [0, 0.05) is 19.5 Å². The lowest BCUT2D eigenvalue weighted by Gasteiger charge is -2.22. The first-order chi connectivity index (χ1) is 9.23. The molecular weight excluding hydrogens is 246 g/mol. The Morgan fingerprint density at radius 3 is 1.80 bits per heavy atom. The number of rotatable bonds is 10. The number of carbonyl (C=O) groups is 1. The maximum atomic E-state index is 11.8. The maximum absolute atomic E-state index is 11.8. The second-order valence-corrected chi connectivity index (χ2v) is 7.54. The van der Waals surface area contributed by atoms with Crippen LogP contribution < -0.4 is 0 Å². The summed E-state index contributed by atoms with van der Waals surface area (Å²) in [7, 11) is 1.93. The van der Waals surface area contributed by atoms with Crippen LogP contribution in [-0.4, -0.2) is 24.4 Å². The Balaban J connectivity index is 3.96. The summed E-state index contributed by atoms with van der Waals surface area (Å²) in [4.78, 5) is 13.7. The van der Waals surface area contributed by atoms with E-state index in [4.69, 9.17) is 0 Å². The quantitative estimate of drug-likeness (QED) is 0.518. The fourth-order valence-corrected chi connectivity index (χ4v) is 3.00. The van der Waals surface area contributed by atoms with Gasteiger partial charge in [-0.25, -0.2) is 0 Å². The van der Waals surface area contributed by atoms with Crippen LogP contribution in [0.5, 0.6) is 0 Å². The molecule has 0 saturated heterocycles. The van der Waals surface area contributed by atoms with Crippen LogP contribution in [0, 0.1) is 23.7 Å². The second kappa shape index (κ2) is 10.2. The largest absolute Gasteiger partial charge is 0.346 e. The van der Waals surface area contributed by atoms with E-state index in [0.29, 0.717) is 0 Å². The molecule has 0 saturated carbocycles. The van der Waals surface area contributed by atoms with E-state index in [1.54, 1.807) is 0 Å². The number of amides is 1. The summed E-state index contributed by atoms with van der Waals surface area (Å²) >= 11 is 0. The van der Waals surface area contributed by atoms with Crippen LogP contribution >= 0.6 is 0 Å². The standard InChI is InChI=1S/C18H37NO/c1-14(2)12-17(13-15(3)4)10-8-9-11-19(7)18(20)16(5)6/h14-17H,8-13H2,1-7H3. The van der Waals surface area contributed by atoms with E-state index in [1.807, 2.05) is 25.8 Å². The van der Waals surface area contributed by atoms with Crippen molar-refractivity contribution in [2.75, 3.05) is 13.6 Å². The van der Waals surface area contributed by atoms with Gasteiger partial charge in [0.05, 0.1) is 0 Å². The van der Waals surface area contributed by atoms with Crippen LogP contribution in [-0.2, 0) is 4.79 Å². The molecule has 20 heavy (non-hydrogen) atoms. The van der Waals surface area contributed by atoms with E-state index in [1.165, 1.54) is 25.7 Å². The Morgan fingerprint density at radius 1 is 0.900 bits per heavy atom. The normalized spacial score (nSPS) is 11.9. The molecule has 2 nitrogen and oxygen atoms in total. The monoisotopic (exact) mass is 283 g/mol. The summed E-state index contributed by atoms with van der Waals surface area (Å²) in [5.74, 6) is 2.84. The van der Waals surface area contributed by atoms with Crippen molar-refractivity contribution >= 4 is 5.91 Å². The van der Waals surface area contributed by atoms with Crippen molar-refractivity contribution in [1.82, 2.24) is 4.90 Å². The number of nitrogens with zero attached hydrogens (tertiary/aromatic N) is 1. The molecule has 0 atom stereocenters. The minimum Gasteiger partial charge on any atom is -0.346 e. The van der Waals surface area contributed by atoms with Gasteiger partial charge in [-0.1, -0.05) is 54.4 Å². The molecule has 0 heterocycles. The van der Waals surface area contributed by atoms with Crippen molar-refractivity contribution in [1.29, 1.82) is 0 Å². The molecule has 0 radical (unpaired) electrons. The predicted molar refractivity (Wildman–Crippen MR) is 88.7 cm³/mol. The van der Waals surface area contributed by atoms with Crippen LogP contribution in [0.2, 0.25) is 0 Å². The van der Waals surface area contributed by atoms with Crippen molar-refractivity contribution < 1.29 is 4.79 Å². The van der Waals surface area contributed by atoms with Gasteiger partial charge in [0.1, 0.15) is 0 Å². The van der Waals surface area contributed by atoms with Crippen LogP contribution in [0.1, 0.15) is 73.6 Å². The molecule has 0 aliphatic rings. The van der Waals surface area contributed by atoms with E-state index < -0.39 is 0 Å². The highest BCUT2D eigenvalue weighted by molar-refractivity contribution is 5.77. The fraction of sp³-hybridized carbons (Fsp3) is 0.944. The summed E-state index contributed by atoms with van der Waals surface area (Å²) in [5.41, 5.74) is 0. The topological polar surface area (TPSA) is 20.3 Å². The summed E-state index contributed by atoms with van der Waals surface area (Å²) in [6.07, 6.45) is 6.40. The van der Waals surface area contributed by atoms with Gasteiger partial charge < -0.3 is 4.90 Å². The molecule has 0 fully saturated rings. The number of carbonyl (C=O) groups excluding carboxylic acids is 1. The average Bonchev–Trinajstić information content (AvgIpc) is 2.31. The van der Waals surface area contributed by atoms with Gasteiger partial charge >= 0.3 is 0 Å². The molecule has 0 bridgehead atoms. The molecule has 0 N–H and O–H groups in total. The Morgan fingerprint density at radius 2 is 1.40 bits per heavy atom. The third kappa shape index (κ3) is 9.39. The molecule has 0 aromatic carbocycles. The highest BCUT2D eigenvalue weighted by Gasteiger charge is 2.14. The van der Waals surface area contributed by atoms with Crippen LogP contribution in [0.4, 0.5) is 0 Å². The van der Waals surface area contributed by atoms with Crippen molar-refractivity contribution in [3.8, 4) is 0 Å². The summed E-state index contributed by atoms with van der Waals surface area (Å²) in [6, 6.07) is 0. The number of unbranched alkanes of at least 4 members (excludes halogenated alkanes) is 1. The van der Waals surface area contributed by atoms with E-state index in [0.717, 1.165) is 30.7 Å². The van der Waals surface area contributed by atoms with Crippen molar-refractivity contribution in [3.05, 3.63) is 0 Å². The van der Waals surface area contributed by atoms with E-state index in [9.17, 15) is 4.79 Å². The highest BCUT2D eigenvalue weighted by Crippen LogP contribution is 2.25. The lowest BCUT2D eigenvalue weighted by Crippen LogP contribution is -2.31. The van der Waals surface area contributed by atoms with Crippen LogP contribution in [0.3, 0.4) is 0 Å². The first-order valence-electron chi connectivity index (χ1n) is 8.49. The Kier molecular flexibility index (Phi) is 9.96. The van der Waals surface area contributed by atoms with Crippen molar-refractivity contribution in [3.63, 3.8) is 0 Å². The molecule has 0 aliphatic carbocycles. The first-order valence-corrected chi connectivity index (χ1v) is 8.49. The number of hydrogen-bond donors (Lipinski definition) is 0. The molecule has 0 aromatic rings. The Bertz CT molecular complexity index is 248. The summed E-state index contributed by atoms with van der Waals surface area (Å²) in [6.45, 7) is 14.1. The van der Waals surface area contributed by atoms with E-state index >= 15 is 0 Å². The summed E-state index contributed by atoms with van der Waals surface area (Å²) < 4.78 is 0. The highest BCUT2D eigenvalue weighted by atomic mass is 16.2. The minimum absolute atomic E-state index is 0.120. The van der Waals surface area contributed by atoms with Gasteiger partial charge in [0.2, 0.25) is 5.91 Å². The average molecular weight is 284 g/mol. The molecule has 0 aliphatic heterocycles. The van der Waals surface area contributed by atoms with Gasteiger partial charge in [-0.15, -0.1) is 0 Å². The van der Waals surface area contributed by atoms with Crippen molar-refractivity contribution in [2.24, 2.45) is 23.7 Å².